The van der Waals surface area contributed by atoms with Gasteiger partial charge in [0.25, 0.3) is 11.6 Å². The molecule has 2 aromatic rings. The normalized spacial score (nSPS) is 15.9. The van der Waals surface area contributed by atoms with E-state index in [0.717, 1.165) is 12.1 Å². The lowest BCUT2D eigenvalue weighted by atomic mass is 10.1. The summed E-state index contributed by atoms with van der Waals surface area (Å²) < 4.78 is 26.7. The molecule has 0 radical (unpaired) electrons. The summed E-state index contributed by atoms with van der Waals surface area (Å²) >= 11 is 0. The van der Waals surface area contributed by atoms with Gasteiger partial charge in [-0.15, -0.1) is 0 Å². The molecule has 1 fully saturated rings. The van der Waals surface area contributed by atoms with Gasteiger partial charge in [-0.05, 0) is 37.1 Å². The minimum atomic E-state index is -3.76. The number of carbonyl (C=O) groups is 1. The Labute approximate surface area is 161 Å². The molecule has 0 saturated carbocycles. The molecule has 2 aromatic carbocycles. The number of nitro groups is 1. The van der Waals surface area contributed by atoms with Gasteiger partial charge in [0, 0.05) is 31.3 Å². The molecule has 9 nitrogen and oxygen atoms in total. The van der Waals surface area contributed by atoms with Crippen molar-refractivity contribution >= 4 is 21.6 Å². The fourth-order valence-electron chi connectivity index (χ4n) is 3.06. The third-order valence-corrected chi connectivity index (χ3v) is 6.54. The molecule has 28 heavy (non-hydrogen) atoms. The highest BCUT2D eigenvalue weighted by molar-refractivity contribution is 7.89. The monoisotopic (exact) mass is 405 g/mol. The predicted molar refractivity (Wildman–Crippen MR) is 100 cm³/mol. The number of benzene rings is 2. The van der Waals surface area contributed by atoms with Crippen LogP contribution in [0.3, 0.4) is 0 Å². The van der Waals surface area contributed by atoms with Gasteiger partial charge in [-0.3, -0.25) is 14.9 Å². The second-order valence-corrected chi connectivity index (χ2v) is 8.36. The number of sulfonamides is 1. The quantitative estimate of drug-likeness (QED) is 0.577. The summed E-state index contributed by atoms with van der Waals surface area (Å²) in [6.07, 6.45) is 0.844. The topological polar surface area (TPSA) is 130 Å². The number of phenolic OH excluding ortho intramolecular Hbond substituents is 1. The molecule has 148 valence electrons. The molecule has 3 rings (SSSR count). The average Bonchev–Trinajstić information content (AvgIpc) is 2.68. The minimum Gasteiger partial charge on any atom is -0.507 e. The van der Waals surface area contributed by atoms with E-state index in [0.29, 0.717) is 12.8 Å². The molecule has 10 heteroatoms. The number of para-hydroxylation sites is 1. The number of phenols is 1. The summed E-state index contributed by atoms with van der Waals surface area (Å²) in [4.78, 5) is 22.4. The van der Waals surface area contributed by atoms with Crippen LogP contribution in [0.15, 0.2) is 53.4 Å². The van der Waals surface area contributed by atoms with E-state index in [9.17, 15) is 28.4 Å². The van der Waals surface area contributed by atoms with Crippen molar-refractivity contribution in [2.24, 2.45) is 0 Å². The minimum absolute atomic E-state index is 0.00482. The molecule has 1 aliphatic rings. The van der Waals surface area contributed by atoms with Crippen LogP contribution >= 0.6 is 0 Å². The zero-order valence-electron chi connectivity index (χ0n) is 14.8. The first-order chi connectivity index (χ1) is 13.3. The van der Waals surface area contributed by atoms with Gasteiger partial charge in [0.2, 0.25) is 10.0 Å². The number of carbonyl (C=O) groups excluding carboxylic acids is 1. The second-order valence-electron chi connectivity index (χ2n) is 6.42. The molecule has 1 heterocycles. The molecule has 0 bridgehead atoms. The Morgan fingerprint density at radius 2 is 1.71 bits per heavy atom. The second kappa shape index (κ2) is 7.95. The zero-order valence-corrected chi connectivity index (χ0v) is 15.6. The van der Waals surface area contributed by atoms with Crippen molar-refractivity contribution < 1.29 is 23.2 Å². The maximum atomic E-state index is 12.7. The van der Waals surface area contributed by atoms with Gasteiger partial charge in [-0.1, -0.05) is 12.1 Å². The van der Waals surface area contributed by atoms with Crippen LogP contribution < -0.4 is 5.32 Å². The van der Waals surface area contributed by atoms with E-state index in [1.807, 2.05) is 0 Å². The lowest BCUT2D eigenvalue weighted by Gasteiger charge is -2.31. The van der Waals surface area contributed by atoms with E-state index in [1.165, 1.54) is 28.6 Å². The van der Waals surface area contributed by atoms with E-state index < -0.39 is 20.9 Å². The van der Waals surface area contributed by atoms with E-state index in [4.69, 9.17) is 0 Å². The van der Waals surface area contributed by atoms with Crippen molar-refractivity contribution in [1.29, 1.82) is 0 Å². The van der Waals surface area contributed by atoms with Crippen LogP contribution in [0.1, 0.15) is 23.2 Å². The number of rotatable bonds is 5. The highest BCUT2D eigenvalue weighted by atomic mass is 32.2. The Hall–Kier alpha value is -2.98. The van der Waals surface area contributed by atoms with Gasteiger partial charge in [-0.25, -0.2) is 8.42 Å². The van der Waals surface area contributed by atoms with Gasteiger partial charge in [0.1, 0.15) is 5.75 Å². The summed E-state index contributed by atoms with van der Waals surface area (Å²) in [5.41, 5.74) is -0.00651. The van der Waals surface area contributed by atoms with Crippen molar-refractivity contribution in [2.45, 2.75) is 23.8 Å². The fourth-order valence-corrected chi connectivity index (χ4v) is 4.53. The molecule has 0 unspecified atom stereocenters. The van der Waals surface area contributed by atoms with Gasteiger partial charge in [-0.2, -0.15) is 4.31 Å². The first-order valence-electron chi connectivity index (χ1n) is 8.62. The lowest BCUT2D eigenvalue weighted by Crippen LogP contribution is -2.46. The zero-order chi connectivity index (χ0) is 20.3. The lowest BCUT2D eigenvalue weighted by molar-refractivity contribution is -0.384. The van der Waals surface area contributed by atoms with Crippen molar-refractivity contribution in [1.82, 2.24) is 9.62 Å². The summed E-state index contributed by atoms with van der Waals surface area (Å²) in [6, 6.07) is 10.8. The van der Waals surface area contributed by atoms with E-state index in [-0.39, 0.29) is 41.0 Å². The number of hydrogen-bond acceptors (Lipinski definition) is 6. The third-order valence-electron chi connectivity index (χ3n) is 4.62. The van der Waals surface area contributed by atoms with Crippen LogP contribution in [-0.2, 0) is 10.0 Å². The smallest absolute Gasteiger partial charge is 0.269 e. The molecule has 1 amide bonds. The molecule has 1 saturated heterocycles. The van der Waals surface area contributed by atoms with Crippen LogP contribution in [0.2, 0.25) is 0 Å². The highest BCUT2D eigenvalue weighted by Crippen LogP contribution is 2.23. The number of nitrogens with zero attached hydrogens (tertiary/aromatic N) is 2. The summed E-state index contributed by atoms with van der Waals surface area (Å²) in [5.74, 6) is -0.520. The fraction of sp³-hybridized carbons (Fsp3) is 0.278. The van der Waals surface area contributed by atoms with E-state index in [2.05, 4.69) is 5.32 Å². The standard InChI is InChI=1S/C18H19N3O6S/c22-17-4-2-1-3-16(17)18(23)19-13-9-11-20(12-10-13)28(26,27)15-7-5-14(6-8-15)21(24)25/h1-8,13,22H,9-12H2,(H,19,23). The molecule has 0 atom stereocenters. The first kappa shape index (κ1) is 19.8. The number of hydrogen-bond donors (Lipinski definition) is 2. The third kappa shape index (κ3) is 4.12. The van der Waals surface area contributed by atoms with E-state index >= 15 is 0 Å². The Morgan fingerprint density at radius 1 is 1.11 bits per heavy atom. The van der Waals surface area contributed by atoms with Crippen LogP contribution in [-0.4, -0.2) is 47.8 Å². The van der Waals surface area contributed by atoms with Crippen LogP contribution in [0.5, 0.6) is 5.75 Å². The molecule has 2 N–H and O–H groups in total. The number of amides is 1. The van der Waals surface area contributed by atoms with Gasteiger partial charge in [0.05, 0.1) is 15.4 Å². The Morgan fingerprint density at radius 3 is 2.29 bits per heavy atom. The largest absolute Gasteiger partial charge is 0.507 e. The van der Waals surface area contributed by atoms with E-state index in [1.54, 1.807) is 12.1 Å². The van der Waals surface area contributed by atoms with Crippen LogP contribution in [0.25, 0.3) is 0 Å². The molecule has 0 aliphatic carbocycles. The van der Waals surface area contributed by atoms with Crippen molar-refractivity contribution in [3.05, 3.63) is 64.2 Å². The number of nitrogens with one attached hydrogen (secondary N) is 1. The van der Waals surface area contributed by atoms with Crippen LogP contribution in [0.4, 0.5) is 5.69 Å². The van der Waals surface area contributed by atoms with Crippen molar-refractivity contribution in [2.75, 3.05) is 13.1 Å². The first-order valence-corrected chi connectivity index (χ1v) is 10.1. The Balaban J connectivity index is 1.62. The highest BCUT2D eigenvalue weighted by Gasteiger charge is 2.30. The molecule has 1 aliphatic heterocycles. The number of non-ortho nitro benzene ring substituents is 1. The average molecular weight is 405 g/mol. The SMILES string of the molecule is O=C(NC1CCN(S(=O)(=O)c2ccc([N+](=O)[O-])cc2)CC1)c1ccccc1O. The van der Waals surface area contributed by atoms with Gasteiger partial charge in [0.15, 0.2) is 0 Å². The number of nitro benzene ring substituents is 1. The summed E-state index contributed by atoms with van der Waals surface area (Å²) in [7, 11) is -3.76. The molecular formula is C18H19N3O6S. The molecule has 0 aromatic heterocycles. The van der Waals surface area contributed by atoms with Gasteiger partial charge >= 0.3 is 0 Å². The predicted octanol–water partition coefficient (Wildman–Crippen LogP) is 1.88. The number of piperidine rings is 1. The van der Waals surface area contributed by atoms with Gasteiger partial charge < -0.3 is 10.4 Å². The maximum Gasteiger partial charge on any atom is 0.269 e. The van der Waals surface area contributed by atoms with Crippen molar-refractivity contribution in [3.8, 4) is 5.75 Å². The van der Waals surface area contributed by atoms with Crippen molar-refractivity contribution in [3.63, 3.8) is 0 Å². The summed E-state index contributed by atoms with van der Waals surface area (Å²) in [6.45, 7) is 0.427. The molecule has 0 spiro atoms. The summed E-state index contributed by atoms with van der Waals surface area (Å²) in [5, 5.41) is 23.3. The Bertz CT molecular complexity index is 983. The molecular weight excluding hydrogens is 386 g/mol. The maximum absolute atomic E-state index is 12.7. The Kier molecular flexibility index (Phi) is 5.61. The number of aromatic hydroxyl groups is 1. The van der Waals surface area contributed by atoms with Crippen LogP contribution in [0, 0.1) is 10.1 Å².